The van der Waals surface area contributed by atoms with E-state index >= 15 is 0 Å². The Hall–Kier alpha value is 0.160. The van der Waals surface area contributed by atoms with Crippen LogP contribution in [0.4, 0.5) is 0 Å². The van der Waals surface area contributed by atoms with E-state index in [2.05, 4.69) is 8.38 Å². The first kappa shape index (κ1) is 10.2. The molecule has 60 valence electrons. The van der Waals surface area contributed by atoms with Crippen LogP contribution < -0.4 is 5.32 Å². The number of hydrogen-bond acceptors (Lipinski definition) is 2. The molecule has 0 aromatic rings. The lowest BCUT2D eigenvalue weighted by molar-refractivity contribution is -0.122. The van der Waals surface area contributed by atoms with Gasteiger partial charge in [0.25, 0.3) is 0 Å². The van der Waals surface area contributed by atoms with E-state index in [0.29, 0.717) is 5.92 Å². The monoisotopic (exact) mass is 257 g/mol. The highest BCUT2D eigenvalue weighted by Gasteiger charge is 1.99. The molecule has 4 heteroatoms. The van der Waals surface area contributed by atoms with Crippen molar-refractivity contribution in [1.82, 2.24) is 5.32 Å². The topological polar surface area (TPSA) is 38.3 Å². The van der Waals surface area contributed by atoms with Gasteiger partial charge in [0.15, 0.2) is 0 Å². The number of amides is 1. The van der Waals surface area contributed by atoms with Crippen LogP contribution in [0.15, 0.2) is 0 Å². The molecular weight excluding hydrogens is 245 g/mol. The summed E-state index contributed by atoms with van der Waals surface area (Å²) >= 11 is 1.70. The van der Waals surface area contributed by atoms with Crippen molar-refractivity contribution >= 4 is 28.9 Å². The van der Waals surface area contributed by atoms with Crippen molar-refractivity contribution in [2.24, 2.45) is 5.92 Å². The third kappa shape index (κ3) is 6.28. The van der Waals surface area contributed by atoms with E-state index < -0.39 is 0 Å². The molecule has 0 fully saturated rings. The van der Waals surface area contributed by atoms with Crippen molar-refractivity contribution in [2.45, 2.75) is 13.8 Å². The minimum absolute atomic E-state index is 0.0527. The van der Waals surface area contributed by atoms with E-state index in [-0.39, 0.29) is 12.5 Å². The van der Waals surface area contributed by atoms with Crippen molar-refractivity contribution < 1.29 is 7.86 Å². The second-order valence-corrected chi connectivity index (χ2v) is 3.07. The molecule has 1 amide bonds. The zero-order valence-corrected chi connectivity index (χ0v) is 8.34. The summed E-state index contributed by atoms with van der Waals surface area (Å²) < 4.78 is 4.59. The number of halogens is 1. The molecule has 0 bridgehead atoms. The van der Waals surface area contributed by atoms with E-state index in [4.69, 9.17) is 0 Å². The highest BCUT2D eigenvalue weighted by molar-refractivity contribution is 14.1. The Morgan fingerprint density at radius 2 is 2.30 bits per heavy atom. The van der Waals surface area contributed by atoms with Crippen molar-refractivity contribution in [2.75, 3.05) is 13.2 Å². The maximum Gasteiger partial charge on any atom is 0.247 e. The summed E-state index contributed by atoms with van der Waals surface area (Å²) in [5.41, 5.74) is 0. The fourth-order valence-corrected chi connectivity index (χ4v) is 0.701. The summed E-state index contributed by atoms with van der Waals surface area (Å²) in [6.45, 7) is 4.96. The summed E-state index contributed by atoms with van der Waals surface area (Å²) in [5, 5.41) is 2.71. The third-order valence-electron chi connectivity index (χ3n) is 0.893. The van der Waals surface area contributed by atoms with Gasteiger partial charge in [-0.25, -0.2) is 0 Å². The van der Waals surface area contributed by atoms with E-state index in [9.17, 15) is 4.79 Å². The minimum Gasteiger partial charge on any atom is -0.354 e. The van der Waals surface area contributed by atoms with Gasteiger partial charge in [0.2, 0.25) is 5.91 Å². The van der Waals surface area contributed by atoms with Crippen LogP contribution in [0.2, 0.25) is 0 Å². The van der Waals surface area contributed by atoms with Crippen LogP contribution in [0.1, 0.15) is 13.8 Å². The Labute approximate surface area is 75.2 Å². The molecule has 0 atom stereocenters. The summed E-state index contributed by atoms with van der Waals surface area (Å²) in [7, 11) is 0. The van der Waals surface area contributed by atoms with Gasteiger partial charge < -0.3 is 8.38 Å². The van der Waals surface area contributed by atoms with Gasteiger partial charge in [-0.15, -0.1) is 0 Å². The van der Waals surface area contributed by atoms with E-state index in [0.717, 1.165) is 6.54 Å². The van der Waals surface area contributed by atoms with Crippen LogP contribution in [-0.2, 0) is 7.86 Å². The number of hydrogen-bond donors (Lipinski definition) is 1. The van der Waals surface area contributed by atoms with Crippen LogP contribution >= 0.6 is 23.0 Å². The van der Waals surface area contributed by atoms with Crippen LogP contribution in [0, 0.1) is 5.92 Å². The number of carbonyl (C=O) groups excluding carboxylic acids is 1. The molecule has 0 saturated carbocycles. The van der Waals surface area contributed by atoms with E-state index in [1.807, 2.05) is 13.8 Å². The Kier molecular flexibility index (Phi) is 6.00. The Bertz CT molecular complexity index is 106. The van der Waals surface area contributed by atoms with Gasteiger partial charge >= 0.3 is 0 Å². The Morgan fingerprint density at radius 3 is 2.70 bits per heavy atom. The predicted octanol–water partition coefficient (Wildman–Crippen LogP) is 1.13. The van der Waals surface area contributed by atoms with Gasteiger partial charge in [0.05, 0.1) is 0 Å². The number of nitrogens with one attached hydrogen (secondary N) is 1. The Morgan fingerprint density at radius 1 is 1.70 bits per heavy atom. The van der Waals surface area contributed by atoms with Gasteiger partial charge in [-0.3, -0.25) is 4.79 Å². The largest absolute Gasteiger partial charge is 0.354 e. The molecular formula is C6H12INO2. The van der Waals surface area contributed by atoms with Crippen molar-refractivity contribution in [3.05, 3.63) is 0 Å². The van der Waals surface area contributed by atoms with Crippen LogP contribution in [0.5, 0.6) is 0 Å². The highest BCUT2D eigenvalue weighted by Crippen LogP contribution is 1.88. The highest BCUT2D eigenvalue weighted by atomic mass is 127. The van der Waals surface area contributed by atoms with Gasteiger partial charge in [0, 0.05) is 6.54 Å². The second kappa shape index (κ2) is 5.91. The lowest BCUT2D eigenvalue weighted by atomic mass is 10.2. The number of rotatable bonds is 4. The second-order valence-electron chi connectivity index (χ2n) is 2.45. The molecule has 0 aliphatic heterocycles. The zero-order valence-electron chi connectivity index (χ0n) is 6.19. The maximum atomic E-state index is 10.7. The summed E-state index contributed by atoms with van der Waals surface area (Å²) in [6, 6.07) is 0. The van der Waals surface area contributed by atoms with Crippen molar-refractivity contribution in [1.29, 1.82) is 0 Å². The normalized spacial score (nSPS) is 10.0. The molecule has 0 spiro atoms. The minimum atomic E-state index is -0.0527. The fourth-order valence-electron chi connectivity index (χ4n) is 0.419. The molecule has 0 unspecified atom stereocenters. The number of carbonyl (C=O) groups is 1. The smallest absolute Gasteiger partial charge is 0.247 e. The van der Waals surface area contributed by atoms with Crippen molar-refractivity contribution in [3.8, 4) is 0 Å². The molecule has 0 aromatic carbocycles. The zero-order chi connectivity index (χ0) is 7.98. The van der Waals surface area contributed by atoms with Crippen LogP contribution in [0.25, 0.3) is 0 Å². The molecule has 0 aromatic heterocycles. The van der Waals surface area contributed by atoms with E-state index in [1.54, 1.807) is 23.0 Å². The lowest BCUT2D eigenvalue weighted by Gasteiger charge is -2.05. The first-order valence-electron chi connectivity index (χ1n) is 3.17. The van der Waals surface area contributed by atoms with Gasteiger partial charge in [-0.1, -0.05) is 13.8 Å². The fraction of sp³-hybridized carbons (Fsp3) is 0.833. The molecule has 0 rings (SSSR count). The SMILES string of the molecule is CC(C)CNC(=O)COI. The lowest BCUT2D eigenvalue weighted by Crippen LogP contribution is -2.29. The first-order valence-corrected chi connectivity index (χ1v) is 4.05. The van der Waals surface area contributed by atoms with Crippen LogP contribution in [-0.4, -0.2) is 19.1 Å². The predicted molar refractivity (Wildman–Crippen MR) is 47.8 cm³/mol. The standard InChI is InChI=1S/C6H12INO2/c1-5(2)3-8-6(9)4-10-7/h5H,3-4H2,1-2H3,(H,8,9). The van der Waals surface area contributed by atoms with E-state index in [1.165, 1.54) is 0 Å². The summed E-state index contributed by atoms with van der Waals surface area (Å²) in [5.74, 6) is 0.446. The first-order chi connectivity index (χ1) is 4.66. The molecule has 0 radical (unpaired) electrons. The van der Waals surface area contributed by atoms with Crippen LogP contribution in [0.3, 0.4) is 0 Å². The van der Waals surface area contributed by atoms with Crippen molar-refractivity contribution in [3.63, 3.8) is 0 Å². The molecule has 10 heavy (non-hydrogen) atoms. The molecule has 0 saturated heterocycles. The molecule has 0 aliphatic carbocycles. The molecule has 0 heterocycles. The summed E-state index contributed by atoms with van der Waals surface area (Å²) in [6.07, 6.45) is 0. The molecule has 1 N–H and O–H groups in total. The maximum absolute atomic E-state index is 10.7. The van der Waals surface area contributed by atoms with Gasteiger partial charge in [-0.05, 0) is 5.92 Å². The quantitative estimate of drug-likeness (QED) is 0.766. The van der Waals surface area contributed by atoms with Gasteiger partial charge in [0.1, 0.15) is 29.6 Å². The summed E-state index contributed by atoms with van der Waals surface area (Å²) in [4.78, 5) is 10.7. The van der Waals surface area contributed by atoms with Gasteiger partial charge in [-0.2, -0.15) is 0 Å². The third-order valence-corrected chi connectivity index (χ3v) is 1.20. The molecule has 0 aliphatic rings. The average molecular weight is 257 g/mol. The molecule has 3 nitrogen and oxygen atoms in total. The Balaban J connectivity index is 3.22. The average Bonchev–Trinajstić information content (AvgIpc) is 1.85.